The highest BCUT2D eigenvalue weighted by atomic mass is 19.4. The van der Waals surface area contributed by atoms with Gasteiger partial charge in [0.1, 0.15) is 0 Å². The van der Waals surface area contributed by atoms with Gasteiger partial charge in [0.2, 0.25) is 0 Å². The standard InChI is InChI=1S/C9H13F3O4/c1-3-8(6(13)14,5-9(10,11)12)7(15)16-4-2/h3-5H2,1-2H3,(H,13,14). The number of esters is 1. The Bertz CT molecular complexity index is 274. The number of carboxylic acids is 1. The van der Waals surface area contributed by atoms with Gasteiger partial charge < -0.3 is 9.84 Å². The van der Waals surface area contributed by atoms with Gasteiger partial charge in [0.15, 0.2) is 5.41 Å². The van der Waals surface area contributed by atoms with Crippen LogP contribution in [0.4, 0.5) is 13.2 Å². The number of carbonyl (C=O) groups excluding carboxylic acids is 1. The first kappa shape index (κ1) is 14.7. The number of ether oxygens (including phenoxy) is 1. The van der Waals surface area contributed by atoms with E-state index in [0.717, 1.165) is 0 Å². The van der Waals surface area contributed by atoms with E-state index in [-0.39, 0.29) is 6.61 Å². The molecule has 0 aliphatic heterocycles. The molecule has 0 saturated carbocycles. The number of carbonyl (C=O) groups is 2. The van der Waals surface area contributed by atoms with E-state index < -0.39 is 36.4 Å². The molecule has 0 amide bonds. The number of alkyl halides is 3. The maximum atomic E-state index is 12.2. The predicted molar refractivity (Wildman–Crippen MR) is 47.7 cm³/mol. The van der Waals surface area contributed by atoms with E-state index >= 15 is 0 Å². The molecule has 4 nitrogen and oxygen atoms in total. The molecule has 0 aromatic heterocycles. The topological polar surface area (TPSA) is 63.6 Å². The summed E-state index contributed by atoms with van der Waals surface area (Å²) in [7, 11) is 0. The molecular weight excluding hydrogens is 229 g/mol. The minimum atomic E-state index is -4.73. The van der Waals surface area contributed by atoms with Crippen LogP contribution in [0.1, 0.15) is 26.7 Å². The Balaban J connectivity index is 5.16. The lowest BCUT2D eigenvalue weighted by molar-refractivity contribution is -0.193. The van der Waals surface area contributed by atoms with E-state index in [4.69, 9.17) is 5.11 Å². The zero-order valence-corrected chi connectivity index (χ0v) is 8.93. The Labute approximate surface area is 90.4 Å². The summed E-state index contributed by atoms with van der Waals surface area (Å²) in [5.74, 6) is -3.16. The third kappa shape index (κ3) is 3.39. The van der Waals surface area contributed by atoms with Crippen LogP contribution in [-0.2, 0) is 14.3 Å². The van der Waals surface area contributed by atoms with Crippen LogP contribution in [0.15, 0.2) is 0 Å². The largest absolute Gasteiger partial charge is 0.480 e. The monoisotopic (exact) mass is 242 g/mol. The first-order valence-electron chi connectivity index (χ1n) is 4.67. The van der Waals surface area contributed by atoms with Crippen LogP contribution in [-0.4, -0.2) is 29.8 Å². The molecule has 0 bridgehead atoms. The van der Waals surface area contributed by atoms with E-state index in [9.17, 15) is 22.8 Å². The zero-order chi connectivity index (χ0) is 13.0. The molecular formula is C9H13F3O4. The minimum Gasteiger partial charge on any atom is -0.480 e. The van der Waals surface area contributed by atoms with Crippen molar-refractivity contribution in [1.82, 2.24) is 0 Å². The molecule has 1 unspecified atom stereocenters. The normalized spacial score (nSPS) is 15.3. The van der Waals surface area contributed by atoms with Gasteiger partial charge in [-0.3, -0.25) is 9.59 Å². The van der Waals surface area contributed by atoms with Crippen molar-refractivity contribution >= 4 is 11.9 Å². The van der Waals surface area contributed by atoms with E-state index in [1.807, 2.05) is 0 Å². The van der Waals surface area contributed by atoms with Crippen molar-refractivity contribution in [2.75, 3.05) is 6.61 Å². The van der Waals surface area contributed by atoms with Gasteiger partial charge in [0, 0.05) is 0 Å². The molecule has 16 heavy (non-hydrogen) atoms. The second-order valence-electron chi connectivity index (χ2n) is 3.25. The average molecular weight is 242 g/mol. The summed E-state index contributed by atoms with van der Waals surface area (Å²) in [6.45, 7) is 2.44. The Morgan fingerprint density at radius 2 is 1.75 bits per heavy atom. The molecule has 0 aliphatic carbocycles. The molecule has 94 valence electrons. The fraction of sp³-hybridized carbons (Fsp3) is 0.778. The van der Waals surface area contributed by atoms with Gasteiger partial charge in [-0.05, 0) is 13.3 Å². The van der Waals surface area contributed by atoms with Crippen molar-refractivity contribution < 1.29 is 32.6 Å². The fourth-order valence-electron chi connectivity index (χ4n) is 1.27. The first-order valence-corrected chi connectivity index (χ1v) is 4.67. The molecule has 0 saturated heterocycles. The van der Waals surface area contributed by atoms with Gasteiger partial charge in [-0.2, -0.15) is 13.2 Å². The number of halogens is 3. The van der Waals surface area contributed by atoms with Gasteiger partial charge in [-0.1, -0.05) is 6.92 Å². The van der Waals surface area contributed by atoms with Crippen molar-refractivity contribution in [1.29, 1.82) is 0 Å². The third-order valence-corrected chi connectivity index (χ3v) is 2.18. The number of carboxylic acid groups (broad SMARTS) is 1. The quantitative estimate of drug-likeness (QED) is 0.591. The van der Waals surface area contributed by atoms with Crippen LogP contribution >= 0.6 is 0 Å². The maximum absolute atomic E-state index is 12.2. The second-order valence-corrected chi connectivity index (χ2v) is 3.25. The summed E-state index contributed by atoms with van der Waals surface area (Å²) in [6, 6.07) is 0. The molecule has 0 spiro atoms. The zero-order valence-electron chi connectivity index (χ0n) is 8.93. The lowest BCUT2D eigenvalue weighted by atomic mass is 9.81. The van der Waals surface area contributed by atoms with Gasteiger partial charge in [0.05, 0.1) is 13.0 Å². The van der Waals surface area contributed by atoms with Crippen molar-refractivity contribution in [3.8, 4) is 0 Å². The first-order chi connectivity index (χ1) is 7.19. The minimum absolute atomic E-state index is 0.161. The Morgan fingerprint density at radius 1 is 1.25 bits per heavy atom. The van der Waals surface area contributed by atoms with E-state index in [1.54, 1.807) is 0 Å². The smallest absolute Gasteiger partial charge is 0.390 e. The van der Waals surface area contributed by atoms with Gasteiger partial charge >= 0.3 is 18.1 Å². The summed E-state index contributed by atoms with van der Waals surface area (Å²) in [5.41, 5.74) is -2.53. The summed E-state index contributed by atoms with van der Waals surface area (Å²) in [5, 5.41) is 8.78. The molecule has 0 radical (unpaired) electrons. The van der Waals surface area contributed by atoms with Gasteiger partial charge in [-0.15, -0.1) is 0 Å². The molecule has 0 aromatic rings. The van der Waals surface area contributed by atoms with Crippen LogP contribution < -0.4 is 0 Å². The number of aliphatic carboxylic acids is 1. The van der Waals surface area contributed by atoms with Crippen molar-refractivity contribution in [3.05, 3.63) is 0 Å². The average Bonchev–Trinajstić information content (AvgIpc) is 2.12. The summed E-state index contributed by atoms with van der Waals surface area (Å²) >= 11 is 0. The molecule has 0 heterocycles. The second kappa shape index (κ2) is 5.18. The van der Waals surface area contributed by atoms with E-state index in [1.165, 1.54) is 13.8 Å². The van der Waals surface area contributed by atoms with Crippen LogP contribution in [0.25, 0.3) is 0 Å². The Morgan fingerprint density at radius 3 is 2.00 bits per heavy atom. The number of rotatable bonds is 5. The number of hydrogen-bond acceptors (Lipinski definition) is 3. The third-order valence-electron chi connectivity index (χ3n) is 2.18. The van der Waals surface area contributed by atoms with E-state index in [2.05, 4.69) is 4.74 Å². The highest BCUT2D eigenvalue weighted by Gasteiger charge is 2.53. The molecule has 0 aromatic carbocycles. The van der Waals surface area contributed by atoms with Crippen LogP contribution in [0.3, 0.4) is 0 Å². The highest BCUT2D eigenvalue weighted by molar-refractivity contribution is 5.99. The molecule has 1 N–H and O–H groups in total. The summed E-state index contributed by atoms with van der Waals surface area (Å²) < 4.78 is 41.1. The number of hydrogen-bond donors (Lipinski definition) is 1. The highest BCUT2D eigenvalue weighted by Crippen LogP contribution is 2.37. The van der Waals surface area contributed by atoms with Gasteiger partial charge in [0.25, 0.3) is 0 Å². The molecule has 7 heteroatoms. The van der Waals surface area contributed by atoms with Crippen LogP contribution in [0.2, 0.25) is 0 Å². The Hall–Kier alpha value is -1.27. The lowest BCUT2D eigenvalue weighted by Gasteiger charge is -2.26. The van der Waals surface area contributed by atoms with E-state index in [0.29, 0.717) is 0 Å². The van der Waals surface area contributed by atoms with Gasteiger partial charge in [-0.25, -0.2) is 0 Å². The summed E-state index contributed by atoms with van der Waals surface area (Å²) in [6.07, 6.45) is -6.92. The van der Waals surface area contributed by atoms with Crippen molar-refractivity contribution in [3.63, 3.8) is 0 Å². The Kier molecular flexibility index (Phi) is 4.77. The predicted octanol–water partition coefficient (Wildman–Crippen LogP) is 1.98. The molecule has 1 atom stereocenters. The van der Waals surface area contributed by atoms with Crippen LogP contribution in [0, 0.1) is 5.41 Å². The van der Waals surface area contributed by atoms with Crippen molar-refractivity contribution in [2.24, 2.45) is 5.41 Å². The summed E-state index contributed by atoms with van der Waals surface area (Å²) in [4.78, 5) is 22.2. The lowest BCUT2D eigenvalue weighted by Crippen LogP contribution is -2.43. The van der Waals surface area contributed by atoms with Crippen LogP contribution in [0.5, 0.6) is 0 Å². The molecule has 0 aliphatic rings. The molecule has 0 rings (SSSR count). The SMILES string of the molecule is CCOC(=O)C(CC)(CC(F)(F)F)C(=O)O. The molecule has 0 fully saturated rings. The maximum Gasteiger partial charge on any atom is 0.390 e. The van der Waals surface area contributed by atoms with Crippen molar-refractivity contribution in [2.45, 2.75) is 32.9 Å². The fourth-order valence-corrected chi connectivity index (χ4v) is 1.27.